The third kappa shape index (κ3) is 3.80. The Labute approximate surface area is 157 Å². The highest BCUT2D eigenvalue weighted by molar-refractivity contribution is 7.98. The van der Waals surface area contributed by atoms with Crippen LogP contribution >= 0.6 is 11.8 Å². The van der Waals surface area contributed by atoms with Crippen molar-refractivity contribution in [1.82, 2.24) is 15.5 Å². The number of hydrogen-bond acceptors (Lipinski definition) is 4. The lowest BCUT2D eigenvalue weighted by atomic mass is 9.98. The van der Waals surface area contributed by atoms with Crippen molar-refractivity contribution in [2.45, 2.75) is 43.3 Å². The first-order valence-corrected chi connectivity index (χ1v) is 9.94. The third-order valence-electron chi connectivity index (χ3n) is 4.78. The van der Waals surface area contributed by atoms with E-state index in [1.165, 1.54) is 0 Å². The number of carbonyl (C=O) groups is 3. The highest BCUT2D eigenvalue weighted by Gasteiger charge is 2.47. The molecule has 0 radical (unpaired) electrons. The number of piperazine rings is 1. The van der Waals surface area contributed by atoms with E-state index < -0.39 is 12.1 Å². The van der Waals surface area contributed by atoms with Crippen molar-refractivity contribution >= 4 is 35.3 Å². The van der Waals surface area contributed by atoms with E-state index in [1.807, 2.05) is 44.4 Å². The molecule has 3 N–H and O–H groups in total. The van der Waals surface area contributed by atoms with Crippen LogP contribution in [0.4, 0.5) is 10.5 Å². The standard InChI is InChI=1S/C18H24N4O3S/c1-10(2)15-17(24)22-9-12(8-14(22)16(23)21-15)20-18(25)19-11-5-4-6-13(7-11)26-3/h4-7,10,12,14-15H,8-9H2,1-3H3,(H,21,23)(H2,19,20,25)/t12-,14-,15-/m0/s1. The number of nitrogens with one attached hydrogen (secondary N) is 3. The van der Waals surface area contributed by atoms with Gasteiger partial charge in [-0.1, -0.05) is 19.9 Å². The molecule has 0 unspecified atom stereocenters. The molecule has 3 rings (SSSR count). The molecule has 0 saturated carbocycles. The second-order valence-electron chi connectivity index (χ2n) is 7.00. The monoisotopic (exact) mass is 376 g/mol. The van der Waals surface area contributed by atoms with Crippen LogP contribution < -0.4 is 16.0 Å². The molecular weight excluding hydrogens is 352 g/mol. The van der Waals surface area contributed by atoms with Crippen LogP contribution in [0.1, 0.15) is 20.3 Å². The molecule has 2 fully saturated rings. The zero-order valence-electron chi connectivity index (χ0n) is 15.1. The number of hydrogen-bond donors (Lipinski definition) is 3. The zero-order valence-corrected chi connectivity index (χ0v) is 15.9. The molecule has 4 amide bonds. The van der Waals surface area contributed by atoms with Crippen molar-refractivity contribution in [3.05, 3.63) is 24.3 Å². The highest BCUT2D eigenvalue weighted by atomic mass is 32.2. The van der Waals surface area contributed by atoms with E-state index in [-0.39, 0.29) is 29.8 Å². The van der Waals surface area contributed by atoms with E-state index in [4.69, 9.17) is 0 Å². The van der Waals surface area contributed by atoms with Crippen LogP contribution in [0.15, 0.2) is 29.2 Å². The number of urea groups is 1. The Hall–Kier alpha value is -2.22. The highest BCUT2D eigenvalue weighted by Crippen LogP contribution is 2.25. The zero-order chi connectivity index (χ0) is 18.8. The average molecular weight is 376 g/mol. The van der Waals surface area contributed by atoms with Gasteiger partial charge < -0.3 is 20.9 Å². The fourth-order valence-corrected chi connectivity index (χ4v) is 3.89. The molecule has 0 spiro atoms. The molecule has 7 nitrogen and oxygen atoms in total. The van der Waals surface area contributed by atoms with Gasteiger partial charge in [-0.25, -0.2) is 4.79 Å². The molecule has 2 aliphatic heterocycles. The number of amides is 4. The minimum absolute atomic E-state index is 0.0337. The Kier molecular flexibility index (Phi) is 5.41. The van der Waals surface area contributed by atoms with Crippen LogP contribution in [0.25, 0.3) is 0 Å². The molecule has 8 heteroatoms. The lowest BCUT2D eigenvalue weighted by molar-refractivity contribution is -0.148. The first-order valence-electron chi connectivity index (χ1n) is 8.71. The third-order valence-corrected chi connectivity index (χ3v) is 5.51. The molecule has 0 aliphatic carbocycles. The lowest BCUT2D eigenvalue weighted by Crippen LogP contribution is -2.62. The fourth-order valence-electron chi connectivity index (χ4n) is 3.43. The van der Waals surface area contributed by atoms with Crippen LogP contribution in [-0.2, 0) is 9.59 Å². The maximum Gasteiger partial charge on any atom is 0.319 e. The number of nitrogens with zero attached hydrogens (tertiary/aromatic N) is 1. The summed E-state index contributed by atoms with van der Waals surface area (Å²) in [7, 11) is 0. The topological polar surface area (TPSA) is 90.5 Å². The van der Waals surface area contributed by atoms with Crippen molar-refractivity contribution in [2.24, 2.45) is 5.92 Å². The number of thioether (sulfide) groups is 1. The van der Waals surface area contributed by atoms with Crippen molar-refractivity contribution in [3.8, 4) is 0 Å². The number of carbonyl (C=O) groups excluding carboxylic acids is 3. The summed E-state index contributed by atoms with van der Waals surface area (Å²) >= 11 is 1.60. The average Bonchev–Trinajstić information content (AvgIpc) is 3.02. The molecule has 2 saturated heterocycles. The molecule has 0 bridgehead atoms. The quantitative estimate of drug-likeness (QED) is 0.697. The summed E-state index contributed by atoms with van der Waals surface area (Å²) in [6.45, 7) is 4.18. The number of fused-ring (bicyclic) bond motifs is 1. The summed E-state index contributed by atoms with van der Waals surface area (Å²) in [5.74, 6) is -0.172. The molecule has 2 heterocycles. The predicted molar refractivity (Wildman–Crippen MR) is 101 cm³/mol. The van der Waals surface area contributed by atoms with Gasteiger partial charge in [-0.2, -0.15) is 0 Å². The predicted octanol–water partition coefficient (Wildman–Crippen LogP) is 1.65. The lowest BCUT2D eigenvalue weighted by Gasteiger charge is -2.36. The van der Waals surface area contributed by atoms with Crippen molar-refractivity contribution < 1.29 is 14.4 Å². The molecule has 1 aromatic rings. The summed E-state index contributed by atoms with van der Waals surface area (Å²) < 4.78 is 0. The smallest absolute Gasteiger partial charge is 0.319 e. The normalized spacial score (nSPS) is 25.1. The van der Waals surface area contributed by atoms with Gasteiger partial charge in [-0.15, -0.1) is 11.8 Å². The SMILES string of the molecule is CSc1cccc(NC(=O)N[C@H]2C[C@H]3C(=O)N[C@@H](C(C)C)C(=O)N3C2)c1. The fraction of sp³-hybridized carbons (Fsp3) is 0.500. The summed E-state index contributed by atoms with van der Waals surface area (Å²) in [5.41, 5.74) is 0.707. The minimum atomic E-state index is -0.498. The second kappa shape index (κ2) is 7.57. The van der Waals surface area contributed by atoms with E-state index >= 15 is 0 Å². The van der Waals surface area contributed by atoms with Crippen LogP contribution in [0.5, 0.6) is 0 Å². The van der Waals surface area contributed by atoms with E-state index in [9.17, 15) is 14.4 Å². The molecule has 3 atom stereocenters. The summed E-state index contributed by atoms with van der Waals surface area (Å²) in [5, 5.41) is 8.49. The van der Waals surface area contributed by atoms with Gasteiger partial charge in [-0.05, 0) is 36.8 Å². The van der Waals surface area contributed by atoms with Crippen molar-refractivity contribution in [2.75, 3.05) is 18.1 Å². The van der Waals surface area contributed by atoms with Crippen LogP contribution in [-0.4, -0.2) is 53.7 Å². The number of rotatable bonds is 4. The van der Waals surface area contributed by atoms with Crippen LogP contribution in [0.3, 0.4) is 0 Å². The van der Waals surface area contributed by atoms with Gasteiger partial charge in [0.15, 0.2) is 0 Å². The minimum Gasteiger partial charge on any atom is -0.342 e. The van der Waals surface area contributed by atoms with Gasteiger partial charge >= 0.3 is 6.03 Å². The van der Waals surface area contributed by atoms with Gasteiger partial charge in [0.1, 0.15) is 12.1 Å². The van der Waals surface area contributed by atoms with Gasteiger partial charge in [0.25, 0.3) is 0 Å². The van der Waals surface area contributed by atoms with Crippen molar-refractivity contribution in [3.63, 3.8) is 0 Å². The molecule has 26 heavy (non-hydrogen) atoms. The molecule has 140 valence electrons. The second-order valence-corrected chi connectivity index (χ2v) is 7.88. The molecular formula is C18H24N4O3S. The van der Waals surface area contributed by atoms with Crippen molar-refractivity contribution in [1.29, 1.82) is 0 Å². The van der Waals surface area contributed by atoms with Crippen LogP contribution in [0, 0.1) is 5.92 Å². The van der Waals surface area contributed by atoms with E-state index in [0.29, 0.717) is 18.7 Å². The van der Waals surface area contributed by atoms with Crippen LogP contribution in [0.2, 0.25) is 0 Å². The first kappa shape index (κ1) is 18.6. The summed E-state index contributed by atoms with van der Waals surface area (Å²) in [4.78, 5) is 39.8. The van der Waals surface area contributed by atoms with E-state index in [0.717, 1.165) is 4.90 Å². The van der Waals surface area contributed by atoms with Gasteiger partial charge in [0.2, 0.25) is 11.8 Å². The maximum atomic E-state index is 12.6. The Bertz CT molecular complexity index is 724. The summed E-state index contributed by atoms with van der Waals surface area (Å²) in [6.07, 6.45) is 2.40. The molecule has 0 aromatic heterocycles. The number of anilines is 1. The number of benzene rings is 1. The largest absolute Gasteiger partial charge is 0.342 e. The van der Waals surface area contributed by atoms with Gasteiger partial charge in [0, 0.05) is 17.1 Å². The van der Waals surface area contributed by atoms with E-state index in [2.05, 4.69) is 16.0 Å². The van der Waals surface area contributed by atoms with Gasteiger partial charge in [0.05, 0.1) is 6.04 Å². The Morgan fingerprint density at radius 2 is 2.12 bits per heavy atom. The van der Waals surface area contributed by atoms with Gasteiger partial charge in [-0.3, -0.25) is 9.59 Å². The summed E-state index contributed by atoms with van der Waals surface area (Å²) in [6, 6.07) is 6.01. The first-order chi connectivity index (χ1) is 12.4. The Morgan fingerprint density at radius 3 is 2.81 bits per heavy atom. The molecule has 1 aromatic carbocycles. The Balaban J connectivity index is 1.61. The maximum absolute atomic E-state index is 12.6. The molecule has 2 aliphatic rings. The Morgan fingerprint density at radius 1 is 1.35 bits per heavy atom. The van der Waals surface area contributed by atoms with E-state index in [1.54, 1.807) is 16.7 Å².